The summed E-state index contributed by atoms with van der Waals surface area (Å²) >= 11 is 0. The van der Waals surface area contributed by atoms with Gasteiger partial charge in [-0.2, -0.15) is 0 Å². The van der Waals surface area contributed by atoms with Crippen LogP contribution in [0.3, 0.4) is 0 Å². The second-order valence-electron chi connectivity index (χ2n) is 5.80. The first-order valence-electron chi connectivity index (χ1n) is 7.24. The number of ether oxygens (including phenoxy) is 1. The van der Waals surface area contributed by atoms with Crippen LogP contribution in [0.2, 0.25) is 0 Å². The fourth-order valence-corrected chi connectivity index (χ4v) is 3.12. The first kappa shape index (κ1) is 13.8. The van der Waals surface area contributed by atoms with Crippen LogP contribution < -0.4 is 14.5 Å². The van der Waals surface area contributed by atoms with Crippen molar-refractivity contribution in [3.05, 3.63) is 53.1 Å². The molecule has 0 N–H and O–H groups in total. The van der Waals surface area contributed by atoms with E-state index in [1.54, 1.807) is 7.11 Å². The molecule has 0 saturated carbocycles. The van der Waals surface area contributed by atoms with Crippen LogP contribution in [0.5, 0.6) is 5.75 Å². The van der Waals surface area contributed by atoms with Crippen LogP contribution in [0.15, 0.2) is 36.4 Å². The summed E-state index contributed by atoms with van der Waals surface area (Å²) in [7, 11) is 6.02. The molecule has 2 aromatic carbocycles. The number of fused-ring (bicyclic) bond motifs is 1. The highest BCUT2D eigenvalue weighted by Gasteiger charge is 2.32. The number of nitrogens with zero attached hydrogens (tertiary/aromatic N) is 2. The van der Waals surface area contributed by atoms with Gasteiger partial charge in [0.05, 0.1) is 18.5 Å². The van der Waals surface area contributed by atoms with Crippen LogP contribution in [0, 0.1) is 13.8 Å². The summed E-state index contributed by atoms with van der Waals surface area (Å²) < 4.78 is 5.36. The number of hydrogen-bond acceptors (Lipinski definition) is 3. The molecular weight excluding hydrogens is 260 g/mol. The van der Waals surface area contributed by atoms with Crippen LogP contribution in [-0.2, 0) is 0 Å². The van der Waals surface area contributed by atoms with Crippen molar-refractivity contribution in [3.8, 4) is 5.75 Å². The van der Waals surface area contributed by atoms with E-state index in [1.165, 1.54) is 28.1 Å². The molecule has 0 unspecified atom stereocenters. The molecule has 3 rings (SSSR count). The van der Waals surface area contributed by atoms with E-state index >= 15 is 0 Å². The topological polar surface area (TPSA) is 15.7 Å². The number of methoxy groups -OCH3 is 1. The zero-order chi connectivity index (χ0) is 15.1. The molecule has 21 heavy (non-hydrogen) atoms. The Labute approximate surface area is 126 Å². The molecule has 0 atom stereocenters. The van der Waals surface area contributed by atoms with E-state index in [2.05, 4.69) is 68.1 Å². The Hall–Kier alpha value is -2.16. The Morgan fingerprint density at radius 3 is 2.00 bits per heavy atom. The number of aryl methyl sites for hydroxylation is 2. The number of benzene rings is 2. The third-order valence-corrected chi connectivity index (χ3v) is 4.48. The van der Waals surface area contributed by atoms with Gasteiger partial charge in [-0.3, -0.25) is 0 Å². The second-order valence-corrected chi connectivity index (χ2v) is 5.80. The van der Waals surface area contributed by atoms with Crippen LogP contribution in [0.4, 0.5) is 11.4 Å². The van der Waals surface area contributed by atoms with E-state index in [0.29, 0.717) is 0 Å². The molecule has 0 radical (unpaired) electrons. The van der Waals surface area contributed by atoms with E-state index < -0.39 is 0 Å². The second kappa shape index (κ2) is 4.99. The number of hydrogen-bond donors (Lipinski definition) is 0. The highest BCUT2D eigenvalue weighted by Crippen LogP contribution is 2.45. The third-order valence-electron chi connectivity index (χ3n) is 4.48. The quantitative estimate of drug-likeness (QED) is 0.831. The summed E-state index contributed by atoms with van der Waals surface area (Å²) in [6, 6.07) is 12.9. The van der Waals surface area contributed by atoms with Gasteiger partial charge < -0.3 is 14.5 Å². The third kappa shape index (κ3) is 2.13. The minimum Gasteiger partial charge on any atom is -0.497 e. The fraction of sp³-hybridized carbons (Fsp3) is 0.333. The van der Waals surface area contributed by atoms with E-state index in [4.69, 9.17) is 4.74 Å². The maximum absolute atomic E-state index is 5.36. The zero-order valence-electron chi connectivity index (χ0n) is 13.3. The Morgan fingerprint density at radius 2 is 1.48 bits per heavy atom. The molecule has 1 heterocycles. The molecule has 0 spiro atoms. The van der Waals surface area contributed by atoms with E-state index in [-0.39, 0.29) is 6.17 Å². The first-order valence-corrected chi connectivity index (χ1v) is 7.24. The monoisotopic (exact) mass is 282 g/mol. The van der Waals surface area contributed by atoms with Gasteiger partial charge in [0, 0.05) is 14.1 Å². The number of rotatable bonds is 2. The molecule has 0 bridgehead atoms. The smallest absolute Gasteiger partial charge is 0.128 e. The van der Waals surface area contributed by atoms with Crippen LogP contribution in [0.25, 0.3) is 0 Å². The van der Waals surface area contributed by atoms with E-state index in [1.807, 2.05) is 6.07 Å². The van der Waals surface area contributed by atoms with Crippen molar-refractivity contribution >= 4 is 11.4 Å². The van der Waals surface area contributed by atoms with Crippen molar-refractivity contribution < 1.29 is 4.74 Å². The zero-order valence-corrected chi connectivity index (χ0v) is 13.3. The highest BCUT2D eigenvalue weighted by atomic mass is 16.5. The Balaban J connectivity index is 2.06. The lowest BCUT2D eigenvalue weighted by Gasteiger charge is -2.28. The SMILES string of the molecule is COc1cccc(C2N(C)c3cc(C)c(C)cc3N2C)c1. The maximum atomic E-state index is 5.36. The molecule has 0 aliphatic carbocycles. The Morgan fingerprint density at radius 1 is 0.905 bits per heavy atom. The average molecular weight is 282 g/mol. The fourth-order valence-electron chi connectivity index (χ4n) is 3.12. The predicted molar refractivity (Wildman–Crippen MR) is 88.5 cm³/mol. The van der Waals surface area contributed by atoms with Gasteiger partial charge in [-0.25, -0.2) is 0 Å². The average Bonchev–Trinajstić information content (AvgIpc) is 2.71. The summed E-state index contributed by atoms with van der Waals surface area (Å²) in [6.07, 6.45) is 0.205. The normalized spacial score (nSPS) is 14.5. The van der Waals surface area contributed by atoms with Gasteiger partial charge in [0.25, 0.3) is 0 Å². The molecule has 2 aromatic rings. The van der Waals surface area contributed by atoms with Gasteiger partial charge in [0.2, 0.25) is 0 Å². The minimum absolute atomic E-state index is 0.205. The summed E-state index contributed by atoms with van der Waals surface area (Å²) in [6.45, 7) is 4.34. The van der Waals surface area contributed by atoms with Gasteiger partial charge in [-0.15, -0.1) is 0 Å². The summed E-state index contributed by atoms with van der Waals surface area (Å²) in [4.78, 5) is 4.66. The van der Waals surface area contributed by atoms with Crippen molar-refractivity contribution in [2.24, 2.45) is 0 Å². The molecule has 0 amide bonds. The largest absolute Gasteiger partial charge is 0.497 e. The molecule has 0 fully saturated rings. The maximum Gasteiger partial charge on any atom is 0.128 e. The highest BCUT2D eigenvalue weighted by molar-refractivity contribution is 5.79. The summed E-state index contributed by atoms with van der Waals surface area (Å²) in [5.74, 6) is 0.901. The lowest BCUT2D eigenvalue weighted by atomic mass is 10.1. The Bertz CT molecular complexity index is 646. The summed E-state index contributed by atoms with van der Waals surface area (Å²) in [5, 5.41) is 0. The first-order chi connectivity index (χ1) is 10.0. The standard InChI is InChI=1S/C18H22N2O/c1-12-9-16-17(10-13(12)2)20(4)18(19(16)3)14-7-6-8-15(11-14)21-5/h6-11,18H,1-5H3. The molecule has 1 aliphatic heterocycles. The molecule has 0 saturated heterocycles. The van der Waals surface area contributed by atoms with Crippen LogP contribution in [0.1, 0.15) is 22.9 Å². The molecule has 0 aromatic heterocycles. The molecular formula is C18H22N2O. The van der Waals surface area contributed by atoms with E-state index in [0.717, 1.165) is 5.75 Å². The van der Waals surface area contributed by atoms with Crippen molar-refractivity contribution in [2.45, 2.75) is 20.0 Å². The molecule has 3 nitrogen and oxygen atoms in total. The number of anilines is 2. The van der Waals surface area contributed by atoms with Crippen molar-refractivity contribution in [1.29, 1.82) is 0 Å². The molecule has 3 heteroatoms. The van der Waals surface area contributed by atoms with Gasteiger partial charge in [0.15, 0.2) is 0 Å². The minimum atomic E-state index is 0.205. The van der Waals surface area contributed by atoms with Gasteiger partial charge in [-0.05, 0) is 54.8 Å². The van der Waals surface area contributed by atoms with E-state index in [9.17, 15) is 0 Å². The van der Waals surface area contributed by atoms with Gasteiger partial charge in [-0.1, -0.05) is 12.1 Å². The van der Waals surface area contributed by atoms with Crippen LogP contribution >= 0.6 is 0 Å². The molecule has 1 aliphatic rings. The van der Waals surface area contributed by atoms with Crippen molar-refractivity contribution in [1.82, 2.24) is 0 Å². The Kier molecular flexibility index (Phi) is 3.28. The van der Waals surface area contributed by atoms with Crippen molar-refractivity contribution in [2.75, 3.05) is 31.0 Å². The lowest BCUT2D eigenvalue weighted by molar-refractivity contribution is 0.413. The van der Waals surface area contributed by atoms with Gasteiger partial charge in [0.1, 0.15) is 11.9 Å². The predicted octanol–water partition coefficient (Wildman–Crippen LogP) is 3.90. The van der Waals surface area contributed by atoms with Crippen molar-refractivity contribution in [3.63, 3.8) is 0 Å². The summed E-state index contributed by atoms with van der Waals surface area (Å²) in [5.41, 5.74) is 6.48. The van der Waals surface area contributed by atoms with Crippen LogP contribution in [-0.4, -0.2) is 21.2 Å². The lowest BCUT2D eigenvalue weighted by Crippen LogP contribution is -2.30. The van der Waals surface area contributed by atoms with Gasteiger partial charge >= 0.3 is 0 Å². The molecule has 110 valence electrons.